The summed E-state index contributed by atoms with van der Waals surface area (Å²) in [5, 5.41) is 4.18. The zero-order valence-electron chi connectivity index (χ0n) is 12.0. The molecule has 1 N–H and O–H groups in total. The van der Waals surface area contributed by atoms with Crippen LogP contribution in [0.5, 0.6) is 0 Å². The van der Waals surface area contributed by atoms with Crippen LogP contribution in [0, 0.1) is 18.7 Å². The number of rotatable bonds is 4. The first kappa shape index (κ1) is 13.8. The number of benzene rings is 1. The Balaban J connectivity index is 2.64. The van der Waals surface area contributed by atoms with Crippen LogP contribution in [0.15, 0.2) is 18.2 Å². The van der Waals surface area contributed by atoms with E-state index in [-0.39, 0.29) is 5.82 Å². The molecule has 0 fully saturated rings. The minimum Gasteiger partial charge on any atom is -0.385 e. The molecule has 0 spiro atoms. The third-order valence-corrected chi connectivity index (χ3v) is 3.05. The van der Waals surface area contributed by atoms with Gasteiger partial charge in [0.2, 0.25) is 0 Å². The fraction of sp³-hybridized carbons (Fsp3) is 0.438. The highest BCUT2D eigenvalue weighted by Crippen LogP contribution is 2.27. The molecule has 3 heteroatoms. The Morgan fingerprint density at radius 3 is 2.63 bits per heavy atom. The van der Waals surface area contributed by atoms with Crippen LogP contribution in [0.2, 0.25) is 0 Å². The third-order valence-electron chi connectivity index (χ3n) is 3.05. The summed E-state index contributed by atoms with van der Waals surface area (Å²) in [6.45, 7) is 9.05. The highest BCUT2D eigenvalue weighted by atomic mass is 19.1. The van der Waals surface area contributed by atoms with Crippen molar-refractivity contribution in [1.29, 1.82) is 0 Å². The summed E-state index contributed by atoms with van der Waals surface area (Å²) in [5.74, 6) is 0.271. The second-order valence-electron chi connectivity index (χ2n) is 5.43. The lowest BCUT2D eigenvalue weighted by Gasteiger charge is -2.13. The van der Waals surface area contributed by atoms with E-state index in [4.69, 9.17) is 0 Å². The lowest BCUT2D eigenvalue weighted by Crippen LogP contribution is -2.04. The van der Waals surface area contributed by atoms with Crippen molar-refractivity contribution in [2.75, 3.05) is 11.9 Å². The SMILES string of the molecule is CCNc1cc(CC(C)C)nc2c(F)cc(C)cc12. The molecule has 0 bridgehead atoms. The summed E-state index contributed by atoms with van der Waals surface area (Å²) in [6, 6.07) is 5.58. The van der Waals surface area contributed by atoms with E-state index < -0.39 is 0 Å². The van der Waals surface area contributed by atoms with Gasteiger partial charge >= 0.3 is 0 Å². The van der Waals surface area contributed by atoms with Gasteiger partial charge in [-0.25, -0.2) is 9.37 Å². The molecule has 102 valence electrons. The first-order chi connectivity index (χ1) is 9.01. The number of nitrogens with zero attached hydrogens (tertiary/aromatic N) is 1. The zero-order chi connectivity index (χ0) is 14.0. The Bertz CT molecular complexity index is 591. The number of hydrogen-bond donors (Lipinski definition) is 1. The van der Waals surface area contributed by atoms with Crippen molar-refractivity contribution < 1.29 is 4.39 Å². The molecule has 0 aliphatic rings. The highest BCUT2D eigenvalue weighted by molar-refractivity contribution is 5.92. The van der Waals surface area contributed by atoms with E-state index in [0.717, 1.165) is 35.3 Å². The molecule has 0 radical (unpaired) electrons. The lowest BCUT2D eigenvalue weighted by molar-refractivity contribution is 0.625. The van der Waals surface area contributed by atoms with Gasteiger partial charge in [-0.15, -0.1) is 0 Å². The third kappa shape index (κ3) is 3.03. The first-order valence-electron chi connectivity index (χ1n) is 6.85. The smallest absolute Gasteiger partial charge is 0.149 e. The molecule has 0 amide bonds. The van der Waals surface area contributed by atoms with Crippen molar-refractivity contribution >= 4 is 16.6 Å². The Morgan fingerprint density at radius 2 is 2.00 bits per heavy atom. The number of aryl methyl sites for hydroxylation is 1. The van der Waals surface area contributed by atoms with Crippen LogP contribution >= 0.6 is 0 Å². The molecule has 2 nitrogen and oxygen atoms in total. The van der Waals surface area contributed by atoms with Crippen molar-refractivity contribution in [2.45, 2.75) is 34.1 Å². The van der Waals surface area contributed by atoms with Crippen LogP contribution in [0.4, 0.5) is 10.1 Å². The highest BCUT2D eigenvalue weighted by Gasteiger charge is 2.11. The van der Waals surface area contributed by atoms with Gasteiger partial charge in [0.25, 0.3) is 0 Å². The summed E-state index contributed by atoms with van der Waals surface area (Å²) in [5.41, 5.74) is 3.31. The van der Waals surface area contributed by atoms with Gasteiger partial charge in [-0.2, -0.15) is 0 Å². The second-order valence-corrected chi connectivity index (χ2v) is 5.43. The average molecular weight is 260 g/mol. The summed E-state index contributed by atoms with van der Waals surface area (Å²) >= 11 is 0. The van der Waals surface area contributed by atoms with Crippen LogP contribution < -0.4 is 5.32 Å². The maximum Gasteiger partial charge on any atom is 0.149 e. The van der Waals surface area contributed by atoms with Gasteiger partial charge < -0.3 is 5.32 Å². The molecule has 0 unspecified atom stereocenters. The molecule has 2 rings (SSSR count). The van der Waals surface area contributed by atoms with E-state index >= 15 is 0 Å². The molecule has 1 heterocycles. The number of hydrogen-bond acceptors (Lipinski definition) is 2. The fourth-order valence-electron chi connectivity index (χ4n) is 2.33. The molecule has 19 heavy (non-hydrogen) atoms. The molecule has 0 saturated heterocycles. The van der Waals surface area contributed by atoms with Gasteiger partial charge in [-0.3, -0.25) is 0 Å². The van der Waals surface area contributed by atoms with Gasteiger partial charge in [-0.05, 0) is 49.9 Å². The monoisotopic (exact) mass is 260 g/mol. The predicted molar refractivity (Wildman–Crippen MR) is 79.1 cm³/mol. The fourth-order valence-corrected chi connectivity index (χ4v) is 2.33. The van der Waals surface area contributed by atoms with Crippen molar-refractivity contribution in [3.63, 3.8) is 0 Å². The molecule has 0 atom stereocenters. The number of fused-ring (bicyclic) bond motifs is 1. The van der Waals surface area contributed by atoms with E-state index in [1.165, 1.54) is 0 Å². The largest absolute Gasteiger partial charge is 0.385 e. The maximum atomic E-state index is 14.1. The Labute approximate surface area is 114 Å². The summed E-state index contributed by atoms with van der Waals surface area (Å²) < 4.78 is 14.1. The molecule has 0 aliphatic heterocycles. The predicted octanol–water partition coefficient (Wildman–Crippen LogP) is 4.31. The Hall–Kier alpha value is -1.64. The van der Waals surface area contributed by atoms with Gasteiger partial charge in [0, 0.05) is 23.3 Å². The van der Waals surface area contributed by atoms with E-state index in [9.17, 15) is 4.39 Å². The topological polar surface area (TPSA) is 24.9 Å². The number of nitrogens with one attached hydrogen (secondary N) is 1. The van der Waals surface area contributed by atoms with Crippen LogP contribution in [-0.4, -0.2) is 11.5 Å². The number of pyridine rings is 1. The molecule has 1 aromatic heterocycles. The van der Waals surface area contributed by atoms with Crippen molar-refractivity contribution in [2.24, 2.45) is 5.92 Å². The van der Waals surface area contributed by atoms with E-state index in [0.29, 0.717) is 11.4 Å². The van der Waals surface area contributed by atoms with E-state index in [2.05, 4.69) is 24.1 Å². The standard InChI is InChI=1S/C16H21FN2/c1-5-18-15-9-12(6-10(2)3)19-16-13(15)7-11(4)8-14(16)17/h7-10H,5-6H2,1-4H3,(H,18,19). The second kappa shape index (κ2) is 5.55. The van der Waals surface area contributed by atoms with Gasteiger partial charge in [-0.1, -0.05) is 13.8 Å². The van der Waals surface area contributed by atoms with Crippen molar-refractivity contribution in [3.05, 3.63) is 35.3 Å². The number of aromatic nitrogens is 1. The number of anilines is 1. The minimum absolute atomic E-state index is 0.236. The van der Waals surface area contributed by atoms with E-state index in [1.807, 2.05) is 26.0 Å². The normalized spacial score (nSPS) is 11.3. The number of halogens is 1. The lowest BCUT2D eigenvalue weighted by atomic mass is 10.0. The molecule has 2 aromatic rings. The average Bonchev–Trinajstić information content (AvgIpc) is 2.30. The summed E-state index contributed by atoms with van der Waals surface area (Å²) in [6.07, 6.45) is 0.863. The summed E-state index contributed by atoms with van der Waals surface area (Å²) in [7, 11) is 0. The van der Waals surface area contributed by atoms with Crippen LogP contribution in [-0.2, 0) is 6.42 Å². The van der Waals surface area contributed by atoms with E-state index in [1.54, 1.807) is 6.07 Å². The van der Waals surface area contributed by atoms with Crippen molar-refractivity contribution in [1.82, 2.24) is 4.98 Å². The van der Waals surface area contributed by atoms with Crippen LogP contribution in [0.25, 0.3) is 10.9 Å². The molecular weight excluding hydrogens is 239 g/mol. The zero-order valence-corrected chi connectivity index (χ0v) is 12.0. The van der Waals surface area contributed by atoms with Crippen molar-refractivity contribution in [3.8, 4) is 0 Å². The van der Waals surface area contributed by atoms with Crippen LogP contribution in [0.3, 0.4) is 0 Å². The van der Waals surface area contributed by atoms with Gasteiger partial charge in [0.05, 0.1) is 0 Å². The quantitative estimate of drug-likeness (QED) is 0.886. The van der Waals surface area contributed by atoms with Gasteiger partial charge in [0.1, 0.15) is 11.3 Å². The maximum absolute atomic E-state index is 14.1. The summed E-state index contributed by atoms with van der Waals surface area (Å²) in [4.78, 5) is 4.48. The first-order valence-corrected chi connectivity index (χ1v) is 6.85. The Morgan fingerprint density at radius 1 is 1.26 bits per heavy atom. The minimum atomic E-state index is -0.236. The Kier molecular flexibility index (Phi) is 4.03. The molecule has 0 aliphatic carbocycles. The molecule has 1 aromatic carbocycles. The molecule has 0 saturated carbocycles. The van der Waals surface area contributed by atoms with Crippen LogP contribution in [0.1, 0.15) is 32.0 Å². The molecular formula is C16H21FN2. The van der Waals surface area contributed by atoms with Gasteiger partial charge in [0.15, 0.2) is 0 Å².